The van der Waals surface area contributed by atoms with Gasteiger partial charge in [-0.15, -0.1) is 0 Å². The molecule has 6 nitrogen and oxygen atoms in total. The first kappa shape index (κ1) is 21.3. The Balaban J connectivity index is 2.28. The molecule has 0 fully saturated rings. The molecular weight excluding hydrogens is 356 g/mol. The number of hydrazone groups is 1. The van der Waals surface area contributed by atoms with Crippen molar-refractivity contribution in [1.29, 1.82) is 0 Å². The number of hydrogen-bond acceptors (Lipinski definition) is 5. The molecule has 2 aromatic rings. The number of ether oxygens (including phenoxy) is 3. The third kappa shape index (κ3) is 5.49. The Labute approximate surface area is 166 Å². The quantitative estimate of drug-likeness (QED) is 0.516. The fourth-order valence-corrected chi connectivity index (χ4v) is 2.58. The van der Waals surface area contributed by atoms with Crippen LogP contribution in [0.25, 0.3) is 0 Å². The minimum Gasteiger partial charge on any atom is -0.490 e. The van der Waals surface area contributed by atoms with Crippen molar-refractivity contribution in [3.63, 3.8) is 0 Å². The molecule has 0 radical (unpaired) electrons. The van der Waals surface area contributed by atoms with Gasteiger partial charge in [0, 0.05) is 5.56 Å². The highest BCUT2D eigenvalue weighted by atomic mass is 16.5. The summed E-state index contributed by atoms with van der Waals surface area (Å²) in [5.41, 5.74) is 5.82. The van der Waals surface area contributed by atoms with Crippen molar-refractivity contribution in [2.45, 2.75) is 34.6 Å². The SMILES string of the molecule is CCOc1cc(C(=O)N/N=C(/C)c2ccc(C)cc2)cc(OCC)c1OCC. The third-order valence-corrected chi connectivity index (χ3v) is 3.97. The van der Waals surface area contributed by atoms with E-state index in [1.54, 1.807) is 12.1 Å². The Hall–Kier alpha value is -3.02. The predicted octanol–water partition coefficient (Wildman–Crippen LogP) is 4.35. The molecule has 0 aliphatic heterocycles. The number of amides is 1. The molecular formula is C22H28N2O4. The van der Waals surface area contributed by atoms with Crippen LogP contribution in [0.2, 0.25) is 0 Å². The van der Waals surface area contributed by atoms with Crippen molar-refractivity contribution in [1.82, 2.24) is 5.43 Å². The summed E-state index contributed by atoms with van der Waals surface area (Å²) < 4.78 is 17.0. The Morgan fingerprint density at radius 2 is 1.43 bits per heavy atom. The van der Waals surface area contributed by atoms with Crippen molar-refractivity contribution in [3.8, 4) is 17.2 Å². The minimum absolute atomic E-state index is 0.351. The van der Waals surface area contributed by atoms with E-state index < -0.39 is 0 Å². The number of carbonyl (C=O) groups excluding carboxylic acids is 1. The second-order valence-corrected chi connectivity index (χ2v) is 6.10. The Kier molecular flexibility index (Phi) is 7.87. The smallest absolute Gasteiger partial charge is 0.271 e. The second-order valence-electron chi connectivity index (χ2n) is 6.10. The van der Waals surface area contributed by atoms with Gasteiger partial charge in [0.25, 0.3) is 5.91 Å². The average Bonchev–Trinajstić information content (AvgIpc) is 2.69. The maximum Gasteiger partial charge on any atom is 0.271 e. The zero-order valence-electron chi connectivity index (χ0n) is 17.2. The van der Waals surface area contributed by atoms with Crippen LogP contribution in [-0.4, -0.2) is 31.4 Å². The molecule has 1 N–H and O–H groups in total. The summed E-state index contributed by atoms with van der Waals surface area (Å²) in [5, 5.41) is 4.21. The molecule has 0 heterocycles. The Morgan fingerprint density at radius 1 is 0.893 bits per heavy atom. The lowest BCUT2D eigenvalue weighted by Gasteiger charge is -2.16. The lowest BCUT2D eigenvalue weighted by Crippen LogP contribution is -2.20. The monoisotopic (exact) mass is 384 g/mol. The van der Waals surface area contributed by atoms with Crippen molar-refractivity contribution >= 4 is 11.6 Å². The predicted molar refractivity (Wildman–Crippen MR) is 111 cm³/mol. The number of nitrogens with one attached hydrogen (secondary N) is 1. The van der Waals surface area contributed by atoms with E-state index in [1.807, 2.05) is 58.9 Å². The highest BCUT2D eigenvalue weighted by Gasteiger charge is 2.18. The molecule has 1 amide bonds. The summed E-state index contributed by atoms with van der Waals surface area (Å²) in [5.74, 6) is 1.10. The maximum atomic E-state index is 12.6. The molecule has 28 heavy (non-hydrogen) atoms. The molecule has 0 unspecified atom stereocenters. The second kappa shape index (κ2) is 10.3. The van der Waals surface area contributed by atoms with E-state index in [-0.39, 0.29) is 5.91 Å². The molecule has 0 atom stereocenters. The first-order valence-corrected chi connectivity index (χ1v) is 9.48. The molecule has 2 rings (SSSR count). The van der Waals surface area contributed by atoms with Crippen molar-refractivity contribution in [2.24, 2.45) is 5.10 Å². The van der Waals surface area contributed by atoms with Gasteiger partial charge < -0.3 is 14.2 Å². The van der Waals surface area contributed by atoms with Gasteiger partial charge in [-0.05, 0) is 52.3 Å². The topological polar surface area (TPSA) is 69.2 Å². The van der Waals surface area contributed by atoms with Crippen molar-refractivity contribution in [3.05, 3.63) is 53.1 Å². The lowest BCUT2D eigenvalue weighted by molar-refractivity contribution is 0.0953. The van der Waals surface area contributed by atoms with Crippen LogP contribution < -0.4 is 19.6 Å². The van der Waals surface area contributed by atoms with Gasteiger partial charge in [-0.3, -0.25) is 4.79 Å². The lowest BCUT2D eigenvalue weighted by atomic mass is 10.1. The van der Waals surface area contributed by atoms with Gasteiger partial charge in [0.15, 0.2) is 11.5 Å². The molecule has 0 aliphatic rings. The molecule has 2 aromatic carbocycles. The first-order chi connectivity index (χ1) is 13.5. The molecule has 6 heteroatoms. The maximum absolute atomic E-state index is 12.6. The van der Waals surface area contributed by atoms with Gasteiger partial charge in [0.2, 0.25) is 5.75 Å². The van der Waals surface area contributed by atoms with Crippen molar-refractivity contribution in [2.75, 3.05) is 19.8 Å². The summed E-state index contributed by atoms with van der Waals surface area (Å²) >= 11 is 0. The Morgan fingerprint density at radius 3 is 1.93 bits per heavy atom. The zero-order valence-corrected chi connectivity index (χ0v) is 17.2. The number of nitrogens with zero attached hydrogens (tertiary/aromatic N) is 1. The van der Waals surface area contributed by atoms with Crippen LogP contribution in [0.3, 0.4) is 0 Å². The summed E-state index contributed by atoms with van der Waals surface area (Å²) in [6.07, 6.45) is 0. The van der Waals surface area contributed by atoms with Gasteiger partial charge in [-0.2, -0.15) is 5.10 Å². The standard InChI is InChI=1S/C22H28N2O4/c1-6-26-19-13-18(14-20(27-7-2)21(19)28-8-3)22(25)24-23-16(5)17-11-9-15(4)10-12-17/h9-14H,6-8H2,1-5H3,(H,24,25)/b23-16-. The number of hydrogen-bond donors (Lipinski definition) is 1. The van der Waals surface area contributed by atoms with Crippen LogP contribution in [0, 0.1) is 6.92 Å². The van der Waals surface area contributed by atoms with Crippen LogP contribution in [0.4, 0.5) is 0 Å². The first-order valence-electron chi connectivity index (χ1n) is 9.48. The number of benzene rings is 2. The van der Waals surface area contributed by atoms with Crippen LogP contribution in [0.5, 0.6) is 17.2 Å². The van der Waals surface area contributed by atoms with Crippen LogP contribution in [0.1, 0.15) is 49.2 Å². The van der Waals surface area contributed by atoms with Crippen molar-refractivity contribution < 1.29 is 19.0 Å². The van der Waals surface area contributed by atoms with E-state index >= 15 is 0 Å². The van der Waals surface area contributed by atoms with E-state index in [1.165, 1.54) is 5.56 Å². The van der Waals surface area contributed by atoms with Gasteiger partial charge >= 0.3 is 0 Å². The van der Waals surface area contributed by atoms with E-state index in [2.05, 4.69) is 10.5 Å². The minimum atomic E-state index is -0.351. The molecule has 0 aliphatic carbocycles. The average molecular weight is 384 g/mol. The zero-order chi connectivity index (χ0) is 20.5. The van der Waals surface area contributed by atoms with Gasteiger partial charge in [0.1, 0.15) is 0 Å². The van der Waals surface area contributed by atoms with E-state index in [9.17, 15) is 4.79 Å². The number of aryl methyl sites for hydroxylation is 1. The summed E-state index contributed by atoms with van der Waals surface area (Å²) in [6, 6.07) is 11.2. The Bertz CT molecular complexity index is 802. The fraction of sp³-hybridized carbons (Fsp3) is 0.364. The number of rotatable bonds is 9. The summed E-state index contributed by atoms with van der Waals surface area (Å²) in [6.45, 7) is 10.9. The molecule has 0 saturated heterocycles. The van der Waals surface area contributed by atoms with Gasteiger partial charge in [-0.1, -0.05) is 29.8 Å². The third-order valence-electron chi connectivity index (χ3n) is 3.97. The van der Waals surface area contributed by atoms with E-state index in [0.29, 0.717) is 48.3 Å². The highest BCUT2D eigenvalue weighted by Crippen LogP contribution is 2.39. The summed E-state index contributed by atoms with van der Waals surface area (Å²) in [4.78, 5) is 12.6. The number of carbonyl (C=O) groups is 1. The van der Waals surface area contributed by atoms with E-state index in [4.69, 9.17) is 14.2 Å². The van der Waals surface area contributed by atoms with Crippen LogP contribution in [0.15, 0.2) is 41.5 Å². The van der Waals surface area contributed by atoms with Gasteiger partial charge in [-0.25, -0.2) is 5.43 Å². The molecule has 0 spiro atoms. The van der Waals surface area contributed by atoms with Crippen LogP contribution in [-0.2, 0) is 0 Å². The van der Waals surface area contributed by atoms with Crippen LogP contribution >= 0.6 is 0 Å². The van der Waals surface area contributed by atoms with Gasteiger partial charge in [0.05, 0.1) is 25.5 Å². The highest BCUT2D eigenvalue weighted by molar-refractivity contribution is 6.01. The molecule has 0 aromatic heterocycles. The fourth-order valence-electron chi connectivity index (χ4n) is 2.58. The molecule has 0 saturated carbocycles. The van der Waals surface area contributed by atoms with E-state index in [0.717, 1.165) is 5.56 Å². The molecule has 0 bridgehead atoms. The normalized spacial score (nSPS) is 11.1. The largest absolute Gasteiger partial charge is 0.490 e. The summed E-state index contributed by atoms with van der Waals surface area (Å²) in [7, 11) is 0. The molecule has 150 valence electrons.